The average Bonchev–Trinajstić information content (AvgIpc) is 2.60. The van der Waals surface area contributed by atoms with Crippen LogP contribution in [0.4, 0.5) is 0 Å². The zero-order valence-electron chi connectivity index (χ0n) is 14.1. The maximum Gasteiger partial charge on any atom is 0.203 e. The number of ketones is 1. The van der Waals surface area contributed by atoms with E-state index in [2.05, 4.69) is 0 Å². The van der Waals surface area contributed by atoms with Crippen molar-refractivity contribution >= 4 is 11.5 Å². The monoisotopic (exact) mass is 328 g/mol. The summed E-state index contributed by atoms with van der Waals surface area (Å²) in [6.07, 6.45) is 1.17. The number of rotatable bonds is 6. The fourth-order valence-corrected chi connectivity index (χ4v) is 2.24. The number of aliphatic hydroxyl groups excluding tert-OH is 1. The molecule has 0 fully saturated rings. The van der Waals surface area contributed by atoms with Crippen molar-refractivity contribution in [3.05, 3.63) is 59.2 Å². The Labute approximate surface area is 141 Å². The topological polar surface area (TPSA) is 65.0 Å². The van der Waals surface area contributed by atoms with Gasteiger partial charge in [-0.1, -0.05) is 29.8 Å². The van der Waals surface area contributed by atoms with Crippen molar-refractivity contribution in [2.45, 2.75) is 6.92 Å². The van der Waals surface area contributed by atoms with E-state index in [-0.39, 0.29) is 11.5 Å². The Bertz CT molecular complexity index is 735. The normalized spacial score (nSPS) is 11.1. The van der Waals surface area contributed by atoms with E-state index in [1.165, 1.54) is 27.4 Å². The number of allylic oxidation sites excluding steroid dienone is 1. The fourth-order valence-electron chi connectivity index (χ4n) is 2.24. The summed E-state index contributed by atoms with van der Waals surface area (Å²) in [6.45, 7) is 1.94. The maximum absolute atomic E-state index is 12.2. The number of carbonyl (C=O) groups excluding carboxylic acids is 1. The average molecular weight is 328 g/mol. The molecule has 0 atom stereocenters. The van der Waals surface area contributed by atoms with Crippen molar-refractivity contribution in [1.29, 1.82) is 0 Å². The third-order valence-corrected chi connectivity index (χ3v) is 3.56. The van der Waals surface area contributed by atoms with Crippen molar-refractivity contribution in [3.63, 3.8) is 0 Å². The highest BCUT2D eigenvalue weighted by atomic mass is 16.5. The van der Waals surface area contributed by atoms with Gasteiger partial charge in [0.2, 0.25) is 5.75 Å². The number of ether oxygens (including phenoxy) is 3. The van der Waals surface area contributed by atoms with Crippen LogP contribution < -0.4 is 14.2 Å². The highest BCUT2D eigenvalue weighted by Crippen LogP contribution is 2.39. The van der Waals surface area contributed by atoms with Crippen molar-refractivity contribution in [3.8, 4) is 17.2 Å². The molecule has 5 heteroatoms. The van der Waals surface area contributed by atoms with Crippen LogP contribution in [0.15, 0.2) is 42.5 Å². The van der Waals surface area contributed by atoms with Gasteiger partial charge in [-0.05, 0) is 19.1 Å². The molecular formula is C19H20O5. The van der Waals surface area contributed by atoms with Crippen LogP contribution in [-0.4, -0.2) is 32.2 Å². The first-order valence-electron chi connectivity index (χ1n) is 7.32. The van der Waals surface area contributed by atoms with E-state index in [1.807, 2.05) is 19.1 Å². The van der Waals surface area contributed by atoms with Gasteiger partial charge >= 0.3 is 0 Å². The van der Waals surface area contributed by atoms with E-state index in [9.17, 15) is 9.90 Å². The Morgan fingerprint density at radius 3 is 1.92 bits per heavy atom. The minimum atomic E-state index is -0.291. The number of methoxy groups -OCH3 is 3. The summed E-state index contributed by atoms with van der Waals surface area (Å²) in [5.41, 5.74) is 1.95. The first-order valence-corrected chi connectivity index (χ1v) is 7.32. The summed E-state index contributed by atoms with van der Waals surface area (Å²) in [5.74, 6) is 0.742. The van der Waals surface area contributed by atoms with Crippen molar-refractivity contribution in [2.75, 3.05) is 21.3 Å². The predicted octanol–water partition coefficient (Wildman–Crippen LogP) is 3.80. The van der Waals surface area contributed by atoms with Crippen LogP contribution in [-0.2, 0) is 0 Å². The van der Waals surface area contributed by atoms with Gasteiger partial charge in [-0.3, -0.25) is 4.79 Å². The van der Waals surface area contributed by atoms with Gasteiger partial charge in [0.25, 0.3) is 0 Å². The van der Waals surface area contributed by atoms with Crippen LogP contribution in [0.1, 0.15) is 21.5 Å². The van der Waals surface area contributed by atoms with E-state index < -0.39 is 0 Å². The van der Waals surface area contributed by atoms with Crippen LogP contribution in [0.2, 0.25) is 0 Å². The maximum atomic E-state index is 12.2. The third kappa shape index (κ3) is 3.68. The molecule has 0 aromatic heterocycles. The molecule has 0 aliphatic heterocycles. The Balaban J connectivity index is 2.39. The van der Waals surface area contributed by atoms with Crippen LogP contribution in [0.5, 0.6) is 17.2 Å². The molecule has 0 radical (unpaired) electrons. The zero-order chi connectivity index (χ0) is 17.7. The molecule has 0 aliphatic carbocycles. The molecule has 126 valence electrons. The molecule has 0 heterocycles. The molecule has 0 saturated carbocycles. The molecule has 5 nitrogen and oxygen atoms in total. The van der Waals surface area contributed by atoms with Crippen molar-refractivity contribution < 1.29 is 24.1 Å². The smallest absolute Gasteiger partial charge is 0.203 e. The van der Waals surface area contributed by atoms with Gasteiger partial charge in [0.05, 0.1) is 21.3 Å². The summed E-state index contributed by atoms with van der Waals surface area (Å²) < 4.78 is 15.7. The molecule has 2 rings (SSSR count). The van der Waals surface area contributed by atoms with Gasteiger partial charge in [0, 0.05) is 17.2 Å². The minimum Gasteiger partial charge on any atom is -0.507 e. The highest BCUT2D eigenvalue weighted by molar-refractivity contribution is 6.07. The Hall–Kier alpha value is -2.95. The van der Waals surface area contributed by atoms with E-state index in [0.717, 1.165) is 5.56 Å². The van der Waals surface area contributed by atoms with Gasteiger partial charge in [0.15, 0.2) is 17.3 Å². The Morgan fingerprint density at radius 1 is 0.917 bits per heavy atom. The minimum absolute atomic E-state index is 0.181. The van der Waals surface area contributed by atoms with Gasteiger partial charge in [-0.15, -0.1) is 0 Å². The summed E-state index contributed by atoms with van der Waals surface area (Å²) in [6, 6.07) is 10.3. The lowest BCUT2D eigenvalue weighted by Crippen LogP contribution is -1.99. The van der Waals surface area contributed by atoms with Crippen LogP contribution in [0.3, 0.4) is 0 Å². The van der Waals surface area contributed by atoms with Crippen molar-refractivity contribution in [2.24, 2.45) is 0 Å². The number of hydrogen-bond acceptors (Lipinski definition) is 5. The Kier molecular flexibility index (Phi) is 5.47. The number of hydrogen-bond donors (Lipinski definition) is 1. The van der Waals surface area contributed by atoms with Crippen LogP contribution in [0, 0.1) is 6.92 Å². The number of benzene rings is 2. The van der Waals surface area contributed by atoms with Gasteiger partial charge in [-0.25, -0.2) is 0 Å². The van der Waals surface area contributed by atoms with Gasteiger partial charge in [-0.2, -0.15) is 0 Å². The molecule has 0 bridgehead atoms. The lowest BCUT2D eigenvalue weighted by molar-refractivity contribution is 0.104. The summed E-state index contributed by atoms with van der Waals surface area (Å²) >= 11 is 0. The molecule has 2 aromatic rings. The second kappa shape index (κ2) is 7.55. The first kappa shape index (κ1) is 17.4. The van der Waals surface area contributed by atoms with Gasteiger partial charge < -0.3 is 19.3 Å². The third-order valence-electron chi connectivity index (χ3n) is 3.56. The second-order valence-electron chi connectivity index (χ2n) is 5.17. The van der Waals surface area contributed by atoms with Gasteiger partial charge in [0.1, 0.15) is 5.76 Å². The molecule has 0 amide bonds. The Morgan fingerprint density at radius 2 is 1.46 bits per heavy atom. The molecule has 24 heavy (non-hydrogen) atoms. The predicted molar refractivity (Wildman–Crippen MR) is 92.2 cm³/mol. The molecular weight excluding hydrogens is 308 g/mol. The molecule has 2 aromatic carbocycles. The lowest BCUT2D eigenvalue weighted by atomic mass is 10.1. The second-order valence-corrected chi connectivity index (χ2v) is 5.17. The van der Waals surface area contributed by atoms with E-state index in [1.54, 1.807) is 24.3 Å². The highest BCUT2D eigenvalue weighted by Gasteiger charge is 2.15. The number of aliphatic hydroxyl groups is 1. The molecule has 0 spiro atoms. The summed E-state index contributed by atoms with van der Waals surface area (Å²) in [7, 11) is 4.47. The molecule has 0 unspecified atom stereocenters. The largest absolute Gasteiger partial charge is 0.507 e. The first-order chi connectivity index (χ1) is 11.5. The van der Waals surface area contributed by atoms with Crippen LogP contribution >= 0.6 is 0 Å². The standard InChI is InChI=1S/C19H20O5/c1-12-5-7-13(8-6-12)15(20)11-16(21)14-9-17(22-2)19(24-4)18(10-14)23-3/h5-11,21H,1-4H3/b16-11+. The van der Waals surface area contributed by atoms with Crippen molar-refractivity contribution in [1.82, 2.24) is 0 Å². The summed E-state index contributed by atoms with van der Waals surface area (Å²) in [4.78, 5) is 12.2. The quantitative estimate of drug-likeness (QED) is 0.496. The van der Waals surface area contributed by atoms with E-state index in [4.69, 9.17) is 14.2 Å². The zero-order valence-corrected chi connectivity index (χ0v) is 14.1. The number of aryl methyl sites for hydroxylation is 1. The van der Waals surface area contributed by atoms with E-state index >= 15 is 0 Å². The van der Waals surface area contributed by atoms with Crippen LogP contribution in [0.25, 0.3) is 5.76 Å². The fraction of sp³-hybridized carbons (Fsp3) is 0.211. The van der Waals surface area contributed by atoms with E-state index in [0.29, 0.717) is 28.4 Å². The summed E-state index contributed by atoms with van der Waals surface area (Å²) in [5, 5.41) is 10.3. The molecule has 1 N–H and O–H groups in total. The number of carbonyl (C=O) groups is 1. The lowest BCUT2D eigenvalue weighted by Gasteiger charge is -2.13. The molecule has 0 aliphatic rings. The molecule has 0 saturated heterocycles. The SMILES string of the molecule is COc1cc(/C(O)=C\C(=O)c2ccc(C)cc2)cc(OC)c1OC.